The van der Waals surface area contributed by atoms with E-state index in [4.69, 9.17) is 0 Å². The first-order chi connectivity index (χ1) is 11.4. The summed E-state index contributed by atoms with van der Waals surface area (Å²) in [5, 5.41) is 2.88. The maximum Gasteiger partial charge on any atom is 0.137 e. The Bertz CT molecular complexity index is 1060. The second-order valence-corrected chi connectivity index (χ2v) is 7.10. The van der Waals surface area contributed by atoms with Crippen molar-refractivity contribution < 1.29 is 4.39 Å². The summed E-state index contributed by atoms with van der Waals surface area (Å²) in [6, 6.07) is 10.8. The van der Waals surface area contributed by atoms with E-state index in [0.717, 1.165) is 33.2 Å². The van der Waals surface area contributed by atoms with Crippen molar-refractivity contribution in [1.29, 1.82) is 0 Å². The summed E-state index contributed by atoms with van der Waals surface area (Å²) >= 11 is 0. The van der Waals surface area contributed by atoms with Crippen molar-refractivity contribution in [3.63, 3.8) is 0 Å². The topological polar surface area (TPSA) is 30.7 Å². The van der Waals surface area contributed by atoms with E-state index < -0.39 is 0 Å². The van der Waals surface area contributed by atoms with Gasteiger partial charge in [-0.2, -0.15) is 0 Å². The van der Waals surface area contributed by atoms with Crippen LogP contribution in [0.4, 0.5) is 4.39 Å². The van der Waals surface area contributed by atoms with Crippen LogP contribution >= 0.6 is 0 Å². The summed E-state index contributed by atoms with van der Waals surface area (Å²) in [6.07, 6.45) is 5.63. The number of hydrogen-bond acceptors (Lipinski definition) is 2. The van der Waals surface area contributed by atoms with Crippen LogP contribution < -0.4 is 0 Å². The molecule has 0 aliphatic heterocycles. The Labute approximate surface area is 139 Å². The Morgan fingerprint density at radius 3 is 2.50 bits per heavy atom. The van der Waals surface area contributed by atoms with Crippen molar-refractivity contribution in [2.75, 3.05) is 0 Å². The van der Waals surface area contributed by atoms with Crippen LogP contribution in [-0.4, -0.2) is 14.5 Å². The highest BCUT2D eigenvalue weighted by molar-refractivity contribution is 5.85. The molecule has 0 N–H and O–H groups in total. The number of benzene rings is 1. The monoisotopic (exact) mass is 319 g/mol. The maximum absolute atomic E-state index is 13.5. The predicted molar refractivity (Wildman–Crippen MR) is 95.0 cm³/mol. The zero-order chi connectivity index (χ0) is 16.9. The molecule has 0 aliphatic carbocycles. The molecule has 0 aliphatic rings. The molecule has 0 unspecified atom stereocenters. The summed E-state index contributed by atoms with van der Waals surface area (Å²) in [7, 11) is 0. The Kier molecular flexibility index (Phi) is 3.17. The Morgan fingerprint density at radius 1 is 0.875 bits per heavy atom. The minimum absolute atomic E-state index is 0.00894. The minimum Gasteiger partial charge on any atom is -0.300 e. The van der Waals surface area contributed by atoms with E-state index in [9.17, 15) is 4.39 Å². The quantitative estimate of drug-likeness (QED) is 0.494. The number of nitrogens with zero attached hydrogens (tertiary/aromatic N) is 3. The molecule has 0 radical (unpaired) electrons. The van der Waals surface area contributed by atoms with Gasteiger partial charge in [-0.3, -0.25) is 9.55 Å². The highest BCUT2D eigenvalue weighted by Crippen LogP contribution is 2.26. The molecule has 24 heavy (non-hydrogen) atoms. The van der Waals surface area contributed by atoms with Crippen molar-refractivity contribution in [2.45, 2.75) is 26.2 Å². The number of pyridine rings is 2. The first kappa shape index (κ1) is 14.8. The second kappa shape index (κ2) is 5.13. The first-order valence-corrected chi connectivity index (χ1v) is 7.95. The number of halogens is 1. The fraction of sp³-hybridized carbons (Fsp3) is 0.200. The molecule has 0 fully saturated rings. The largest absolute Gasteiger partial charge is 0.300 e. The van der Waals surface area contributed by atoms with Gasteiger partial charge in [0, 0.05) is 34.3 Å². The molecule has 4 heteroatoms. The average Bonchev–Trinajstić information content (AvgIpc) is 2.96. The van der Waals surface area contributed by atoms with Crippen molar-refractivity contribution >= 4 is 21.7 Å². The van der Waals surface area contributed by atoms with Crippen LogP contribution in [0, 0.1) is 5.82 Å². The van der Waals surface area contributed by atoms with Crippen molar-refractivity contribution in [1.82, 2.24) is 14.5 Å². The van der Waals surface area contributed by atoms with E-state index in [1.54, 1.807) is 12.3 Å². The smallest absolute Gasteiger partial charge is 0.137 e. The normalized spacial score (nSPS) is 12.2. The highest BCUT2D eigenvalue weighted by atomic mass is 19.1. The lowest BCUT2D eigenvalue weighted by molar-refractivity contribution is 0.570. The van der Waals surface area contributed by atoms with E-state index in [1.165, 1.54) is 12.1 Å². The lowest BCUT2D eigenvalue weighted by Crippen LogP contribution is -2.13. The molecule has 0 saturated heterocycles. The molecule has 1 aromatic carbocycles. The molecular weight excluding hydrogens is 301 g/mol. The van der Waals surface area contributed by atoms with E-state index in [1.807, 2.05) is 23.0 Å². The van der Waals surface area contributed by atoms with Gasteiger partial charge in [0.2, 0.25) is 0 Å². The third-order valence-corrected chi connectivity index (χ3v) is 4.26. The number of hydrogen-bond donors (Lipinski definition) is 0. The van der Waals surface area contributed by atoms with Gasteiger partial charge in [0.25, 0.3) is 0 Å². The van der Waals surface area contributed by atoms with Gasteiger partial charge in [-0.1, -0.05) is 20.8 Å². The number of fused-ring (bicyclic) bond motifs is 2. The van der Waals surface area contributed by atoms with E-state index >= 15 is 0 Å². The molecule has 3 heterocycles. The number of rotatable bonds is 1. The first-order valence-electron chi connectivity index (χ1n) is 7.95. The fourth-order valence-electron chi connectivity index (χ4n) is 2.88. The molecular formula is C20H18FN3. The van der Waals surface area contributed by atoms with E-state index in [2.05, 4.69) is 42.9 Å². The molecule has 0 saturated carbocycles. The van der Waals surface area contributed by atoms with Crippen molar-refractivity contribution in [2.24, 2.45) is 0 Å². The molecule has 4 aromatic rings. The van der Waals surface area contributed by atoms with Crippen LogP contribution in [0.5, 0.6) is 0 Å². The average molecular weight is 319 g/mol. The minimum atomic E-state index is -0.242. The van der Waals surface area contributed by atoms with Crippen LogP contribution in [0.2, 0.25) is 0 Å². The number of aromatic nitrogens is 3. The van der Waals surface area contributed by atoms with E-state index in [-0.39, 0.29) is 11.2 Å². The molecule has 4 rings (SSSR count). The molecule has 0 atom stereocenters. The summed E-state index contributed by atoms with van der Waals surface area (Å²) in [5.74, 6) is 0.516. The van der Waals surface area contributed by atoms with Crippen LogP contribution in [-0.2, 0) is 5.41 Å². The maximum atomic E-state index is 13.5. The molecule has 0 bridgehead atoms. The van der Waals surface area contributed by atoms with Crippen LogP contribution in [0.1, 0.15) is 26.5 Å². The van der Waals surface area contributed by atoms with Crippen molar-refractivity contribution in [3.05, 3.63) is 66.5 Å². The van der Waals surface area contributed by atoms with Gasteiger partial charge >= 0.3 is 0 Å². The van der Waals surface area contributed by atoms with Gasteiger partial charge in [0.1, 0.15) is 11.6 Å². The van der Waals surface area contributed by atoms with Gasteiger partial charge in [-0.05, 0) is 41.8 Å². The summed E-state index contributed by atoms with van der Waals surface area (Å²) in [5.41, 5.74) is 2.06. The zero-order valence-electron chi connectivity index (χ0n) is 13.9. The standard InChI is InChI=1S/C20H18FN3/c1-20(2,3)18-9-13-6-7-24(17(13)12-22-18)19-10-15-8-16(21)5-4-14(15)11-23-19/h4-12H,1-3H3. The lowest BCUT2D eigenvalue weighted by Gasteiger charge is -2.17. The van der Waals surface area contributed by atoms with Gasteiger partial charge in [0.15, 0.2) is 0 Å². The molecule has 0 amide bonds. The fourth-order valence-corrected chi connectivity index (χ4v) is 2.88. The lowest BCUT2D eigenvalue weighted by atomic mass is 9.91. The zero-order valence-corrected chi connectivity index (χ0v) is 13.9. The van der Waals surface area contributed by atoms with Gasteiger partial charge in [-0.15, -0.1) is 0 Å². The molecule has 0 spiro atoms. The molecule has 3 nitrogen and oxygen atoms in total. The molecule has 3 aromatic heterocycles. The third-order valence-electron chi connectivity index (χ3n) is 4.26. The van der Waals surface area contributed by atoms with E-state index in [0.29, 0.717) is 0 Å². The summed E-state index contributed by atoms with van der Waals surface area (Å²) in [6.45, 7) is 6.45. The van der Waals surface area contributed by atoms with Crippen molar-refractivity contribution in [3.8, 4) is 5.82 Å². The van der Waals surface area contributed by atoms with Crippen LogP contribution in [0.25, 0.3) is 27.5 Å². The Hall–Kier alpha value is -2.75. The van der Waals surface area contributed by atoms with Gasteiger partial charge in [-0.25, -0.2) is 9.37 Å². The highest BCUT2D eigenvalue weighted by Gasteiger charge is 2.16. The Balaban J connectivity index is 1.87. The summed E-state index contributed by atoms with van der Waals surface area (Å²) < 4.78 is 15.5. The Morgan fingerprint density at radius 2 is 1.71 bits per heavy atom. The SMILES string of the molecule is CC(C)(C)c1cc2ccn(-c3cc4cc(F)ccc4cn3)c2cn1. The molecule has 120 valence electrons. The van der Waals surface area contributed by atoms with Gasteiger partial charge < -0.3 is 0 Å². The van der Waals surface area contributed by atoms with Gasteiger partial charge in [0.05, 0.1) is 11.7 Å². The van der Waals surface area contributed by atoms with Crippen LogP contribution in [0.15, 0.2) is 55.0 Å². The van der Waals surface area contributed by atoms with Crippen LogP contribution in [0.3, 0.4) is 0 Å². The predicted octanol–water partition coefficient (Wildman–Crippen LogP) is 5.01. The second-order valence-electron chi connectivity index (χ2n) is 7.10. The third kappa shape index (κ3) is 2.44. The summed E-state index contributed by atoms with van der Waals surface area (Å²) in [4.78, 5) is 9.12.